The van der Waals surface area contributed by atoms with E-state index < -0.39 is 5.97 Å². The molecular weight excluding hydrogens is 394 g/mol. The molecule has 0 radical (unpaired) electrons. The van der Waals surface area contributed by atoms with Gasteiger partial charge < -0.3 is 19.2 Å². The van der Waals surface area contributed by atoms with Crippen LogP contribution >= 0.6 is 0 Å². The van der Waals surface area contributed by atoms with Gasteiger partial charge in [0.2, 0.25) is 0 Å². The zero-order valence-electron chi connectivity index (χ0n) is 18.5. The molecule has 1 aromatic heterocycles. The summed E-state index contributed by atoms with van der Waals surface area (Å²) in [6.07, 6.45) is 2.01. The molecular formula is C25H29NO5. The van der Waals surface area contributed by atoms with Crippen molar-refractivity contribution in [3.8, 4) is 5.75 Å². The van der Waals surface area contributed by atoms with Crippen LogP contribution in [-0.2, 0) is 4.74 Å². The molecule has 6 nitrogen and oxygen atoms in total. The number of rotatable bonds is 9. The molecule has 0 saturated carbocycles. The minimum atomic E-state index is -0.413. The first-order chi connectivity index (χ1) is 14.9. The third-order valence-electron chi connectivity index (χ3n) is 4.73. The highest BCUT2D eigenvalue weighted by molar-refractivity contribution is 6.13. The van der Waals surface area contributed by atoms with Crippen molar-refractivity contribution in [2.45, 2.75) is 40.5 Å². The van der Waals surface area contributed by atoms with Crippen LogP contribution in [0.15, 0.2) is 46.9 Å². The molecule has 0 saturated heterocycles. The standard InChI is InChI=1S/C25H29NO5/c1-5-6-12-29-20-10-11-22-21(14-20)23(17(4)31-22)24(27)26-19-9-7-8-18(13-19)25(28)30-15-16(2)3/h7-11,13-14,16H,5-6,12,15H2,1-4H3,(H,26,27). The van der Waals surface area contributed by atoms with Crippen LogP contribution < -0.4 is 10.1 Å². The fourth-order valence-corrected chi connectivity index (χ4v) is 3.15. The lowest BCUT2D eigenvalue weighted by Gasteiger charge is -2.09. The van der Waals surface area contributed by atoms with Crippen LogP contribution in [0.3, 0.4) is 0 Å². The summed E-state index contributed by atoms with van der Waals surface area (Å²) in [5.41, 5.74) is 1.96. The molecule has 0 aliphatic heterocycles. The SMILES string of the molecule is CCCCOc1ccc2oc(C)c(C(=O)Nc3cccc(C(=O)OCC(C)C)c3)c2c1. The summed E-state index contributed by atoms with van der Waals surface area (Å²) in [7, 11) is 0. The van der Waals surface area contributed by atoms with Crippen molar-refractivity contribution >= 4 is 28.5 Å². The molecule has 0 aliphatic carbocycles. The third-order valence-corrected chi connectivity index (χ3v) is 4.73. The molecule has 1 amide bonds. The van der Waals surface area contributed by atoms with Crippen molar-refractivity contribution in [1.29, 1.82) is 0 Å². The van der Waals surface area contributed by atoms with Crippen LogP contribution in [0.25, 0.3) is 11.0 Å². The molecule has 1 N–H and O–H groups in total. The zero-order chi connectivity index (χ0) is 22.4. The second-order valence-corrected chi connectivity index (χ2v) is 7.92. The van der Waals surface area contributed by atoms with Crippen LogP contribution in [0, 0.1) is 12.8 Å². The van der Waals surface area contributed by atoms with E-state index in [0.29, 0.717) is 52.5 Å². The van der Waals surface area contributed by atoms with Gasteiger partial charge in [0.25, 0.3) is 5.91 Å². The van der Waals surface area contributed by atoms with E-state index in [1.807, 2.05) is 32.0 Å². The number of carbonyl (C=O) groups is 2. The summed E-state index contributed by atoms with van der Waals surface area (Å²) in [6.45, 7) is 8.78. The first kappa shape index (κ1) is 22.4. The molecule has 0 unspecified atom stereocenters. The molecule has 0 spiro atoms. The van der Waals surface area contributed by atoms with Crippen LogP contribution in [0.2, 0.25) is 0 Å². The van der Waals surface area contributed by atoms with Gasteiger partial charge in [-0.2, -0.15) is 0 Å². The van der Waals surface area contributed by atoms with Crippen molar-refractivity contribution in [2.75, 3.05) is 18.5 Å². The largest absolute Gasteiger partial charge is 0.494 e. The first-order valence-electron chi connectivity index (χ1n) is 10.6. The van der Waals surface area contributed by atoms with Crippen LogP contribution in [-0.4, -0.2) is 25.1 Å². The minimum Gasteiger partial charge on any atom is -0.494 e. The fourth-order valence-electron chi connectivity index (χ4n) is 3.15. The number of anilines is 1. The van der Waals surface area contributed by atoms with E-state index in [4.69, 9.17) is 13.9 Å². The number of furan rings is 1. The Hall–Kier alpha value is -3.28. The maximum atomic E-state index is 13.0. The molecule has 6 heteroatoms. The Kier molecular flexibility index (Phi) is 7.34. The highest BCUT2D eigenvalue weighted by Crippen LogP contribution is 2.30. The lowest BCUT2D eigenvalue weighted by atomic mass is 10.1. The number of esters is 1. The lowest BCUT2D eigenvalue weighted by molar-refractivity contribution is 0.0459. The van der Waals surface area contributed by atoms with Gasteiger partial charge in [0.15, 0.2) is 0 Å². The van der Waals surface area contributed by atoms with E-state index in [0.717, 1.165) is 12.8 Å². The number of nitrogens with one attached hydrogen (secondary N) is 1. The molecule has 0 aliphatic rings. The molecule has 1 heterocycles. The predicted octanol–water partition coefficient (Wildman–Crippen LogP) is 5.99. The molecule has 3 rings (SSSR count). The van der Waals surface area contributed by atoms with Crippen molar-refractivity contribution in [2.24, 2.45) is 5.92 Å². The second kappa shape index (κ2) is 10.2. The Balaban J connectivity index is 1.80. The zero-order valence-corrected chi connectivity index (χ0v) is 18.5. The van der Waals surface area contributed by atoms with Gasteiger partial charge in [-0.15, -0.1) is 0 Å². The maximum Gasteiger partial charge on any atom is 0.338 e. The van der Waals surface area contributed by atoms with Gasteiger partial charge in [-0.25, -0.2) is 4.79 Å². The normalized spacial score (nSPS) is 11.0. The molecule has 0 bridgehead atoms. The molecule has 31 heavy (non-hydrogen) atoms. The quantitative estimate of drug-likeness (QED) is 0.338. The summed E-state index contributed by atoms with van der Waals surface area (Å²) in [5, 5.41) is 3.55. The van der Waals surface area contributed by atoms with Gasteiger partial charge in [0, 0.05) is 11.1 Å². The van der Waals surface area contributed by atoms with E-state index in [1.165, 1.54) is 0 Å². The van der Waals surface area contributed by atoms with E-state index >= 15 is 0 Å². The summed E-state index contributed by atoms with van der Waals surface area (Å²) in [4.78, 5) is 25.3. The number of hydrogen-bond acceptors (Lipinski definition) is 5. The highest BCUT2D eigenvalue weighted by atomic mass is 16.5. The monoisotopic (exact) mass is 423 g/mol. The second-order valence-electron chi connectivity index (χ2n) is 7.92. The topological polar surface area (TPSA) is 77.8 Å². The van der Waals surface area contributed by atoms with Crippen molar-refractivity contribution < 1.29 is 23.5 Å². The van der Waals surface area contributed by atoms with Crippen LogP contribution in [0.5, 0.6) is 5.75 Å². The lowest BCUT2D eigenvalue weighted by Crippen LogP contribution is -2.14. The highest BCUT2D eigenvalue weighted by Gasteiger charge is 2.19. The molecule has 3 aromatic rings. The summed E-state index contributed by atoms with van der Waals surface area (Å²) in [5.74, 6) is 0.745. The van der Waals surface area contributed by atoms with E-state index in [9.17, 15) is 9.59 Å². The number of unbranched alkanes of at least 4 members (excludes halogenated alkanes) is 1. The number of aryl methyl sites for hydroxylation is 1. The first-order valence-corrected chi connectivity index (χ1v) is 10.6. The Labute approximate surface area is 182 Å². The van der Waals surface area contributed by atoms with Gasteiger partial charge in [0.1, 0.15) is 17.1 Å². The van der Waals surface area contributed by atoms with E-state index in [2.05, 4.69) is 12.2 Å². The van der Waals surface area contributed by atoms with Gasteiger partial charge in [0.05, 0.1) is 24.3 Å². The number of amides is 1. The molecule has 164 valence electrons. The van der Waals surface area contributed by atoms with Gasteiger partial charge >= 0.3 is 5.97 Å². The minimum absolute atomic E-state index is 0.250. The Morgan fingerprint density at radius 1 is 1.13 bits per heavy atom. The predicted molar refractivity (Wildman–Crippen MR) is 121 cm³/mol. The molecule has 0 fully saturated rings. The number of ether oxygens (including phenoxy) is 2. The molecule has 2 aromatic carbocycles. The smallest absolute Gasteiger partial charge is 0.338 e. The summed E-state index contributed by atoms with van der Waals surface area (Å²) >= 11 is 0. The Morgan fingerprint density at radius 3 is 2.68 bits per heavy atom. The number of carbonyl (C=O) groups excluding carboxylic acids is 2. The summed E-state index contributed by atoms with van der Waals surface area (Å²) < 4.78 is 16.8. The average Bonchev–Trinajstić information content (AvgIpc) is 3.07. The van der Waals surface area contributed by atoms with Crippen LogP contribution in [0.1, 0.15) is 60.1 Å². The van der Waals surface area contributed by atoms with E-state index in [1.54, 1.807) is 31.2 Å². The van der Waals surface area contributed by atoms with Gasteiger partial charge in [-0.1, -0.05) is 33.3 Å². The summed E-state index contributed by atoms with van der Waals surface area (Å²) in [6, 6.07) is 12.2. The van der Waals surface area contributed by atoms with Crippen LogP contribution in [0.4, 0.5) is 5.69 Å². The van der Waals surface area contributed by atoms with E-state index in [-0.39, 0.29) is 11.8 Å². The maximum absolute atomic E-state index is 13.0. The number of hydrogen-bond donors (Lipinski definition) is 1. The van der Waals surface area contributed by atoms with Crippen molar-refractivity contribution in [1.82, 2.24) is 0 Å². The van der Waals surface area contributed by atoms with Gasteiger partial charge in [-0.3, -0.25) is 4.79 Å². The van der Waals surface area contributed by atoms with Gasteiger partial charge in [-0.05, 0) is 55.7 Å². The Morgan fingerprint density at radius 2 is 1.94 bits per heavy atom. The van der Waals surface area contributed by atoms with Crippen molar-refractivity contribution in [3.05, 3.63) is 59.4 Å². The third kappa shape index (κ3) is 5.66. The Bertz CT molecular complexity index is 1070. The molecule has 0 atom stereocenters. The number of benzene rings is 2. The number of fused-ring (bicyclic) bond motifs is 1. The van der Waals surface area contributed by atoms with Crippen molar-refractivity contribution in [3.63, 3.8) is 0 Å². The fraction of sp³-hybridized carbons (Fsp3) is 0.360. The average molecular weight is 424 g/mol.